The summed E-state index contributed by atoms with van der Waals surface area (Å²) >= 11 is 0. The second-order valence-electron chi connectivity index (χ2n) is 4.30. The summed E-state index contributed by atoms with van der Waals surface area (Å²) < 4.78 is 5.14. The number of hydrogen-bond donors (Lipinski definition) is 3. The van der Waals surface area contributed by atoms with Gasteiger partial charge >= 0.3 is 0 Å². The average Bonchev–Trinajstić information content (AvgIpc) is 2.88. The lowest BCUT2D eigenvalue weighted by atomic mass is 10.1. The first-order valence-corrected chi connectivity index (χ1v) is 6.34. The van der Waals surface area contributed by atoms with Crippen LogP contribution in [0.3, 0.4) is 0 Å². The minimum atomic E-state index is -0.281. The molecule has 18 heavy (non-hydrogen) atoms. The fourth-order valence-corrected chi connectivity index (χ4v) is 1.73. The molecule has 1 aromatic heterocycles. The molecule has 0 bridgehead atoms. The summed E-state index contributed by atoms with van der Waals surface area (Å²) in [5.41, 5.74) is 0. The molecule has 3 N–H and O–H groups in total. The van der Waals surface area contributed by atoms with Gasteiger partial charge in [0.05, 0.1) is 18.8 Å². The third kappa shape index (κ3) is 4.89. The van der Waals surface area contributed by atoms with E-state index in [4.69, 9.17) is 9.52 Å². The van der Waals surface area contributed by atoms with Crippen LogP contribution in [0.5, 0.6) is 0 Å². The molecule has 2 atom stereocenters. The molecule has 0 aliphatic heterocycles. The van der Waals surface area contributed by atoms with Crippen molar-refractivity contribution in [1.82, 2.24) is 10.6 Å². The van der Waals surface area contributed by atoms with Crippen LogP contribution in [0.25, 0.3) is 0 Å². The number of furan rings is 1. The molecule has 1 rings (SSSR count). The Morgan fingerprint density at radius 3 is 2.89 bits per heavy atom. The van der Waals surface area contributed by atoms with Crippen molar-refractivity contribution >= 4 is 5.91 Å². The van der Waals surface area contributed by atoms with Gasteiger partial charge in [-0.3, -0.25) is 4.79 Å². The van der Waals surface area contributed by atoms with Crippen LogP contribution in [-0.4, -0.2) is 29.7 Å². The third-order valence-electron chi connectivity index (χ3n) is 2.87. The minimum Gasteiger partial charge on any atom is -0.467 e. The summed E-state index contributed by atoms with van der Waals surface area (Å²) in [6.07, 6.45) is 3.13. The monoisotopic (exact) mass is 254 g/mol. The molecule has 0 saturated heterocycles. The van der Waals surface area contributed by atoms with Gasteiger partial charge in [-0.1, -0.05) is 6.92 Å². The van der Waals surface area contributed by atoms with Crippen LogP contribution in [-0.2, 0) is 11.3 Å². The summed E-state index contributed by atoms with van der Waals surface area (Å²) in [6.45, 7) is 4.37. The van der Waals surface area contributed by atoms with E-state index < -0.39 is 0 Å². The fraction of sp³-hybridized carbons (Fsp3) is 0.615. The Labute approximate surface area is 108 Å². The van der Waals surface area contributed by atoms with Crippen LogP contribution in [0.15, 0.2) is 22.8 Å². The lowest BCUT2D eigenvalue weighted by Crippen LogP contribution is -2.46. The van der Waals surface area contributed by atoms with Crippen LogP contribution >= 0.6 is 0 Å². The lowest BCUT2D eigenvalue weighted by Gasteiger charge is -2.20. The van der Waals surface area contributed by atoms with Crippen LogP contribution in [0.4, 0.5) is 0 Å². The van der Waals surface area contributed by atoms with E-state index in [9.17, 15) is 4.79 Å². The molecule has 0 saturated carbocycles. The van der Waals surface area contributed by atoms with Gasteiger partial charge in [0.2, 0.25) is 5.91 Å². The Morgan fingerprint density at radius 1 is 1.56 bits per heavy atom. The molecule has 1 amide bonds. The van der Waals surface area contributed by atoms with Crippen LogP contribution in [0.2, 0.25) is 0 Å². The molecule has 0 aliphatic carbocycles. The Morgan fingerprint density at radius 2 is 2.33 bits per heavy atom. The van der Waals surface area contributed by atoms with Gasteiger partial charge in [-0.15, -0.1) is 0 Å². The second kappa shape index (κ2) is 7.89. The van der Waals surface area contributed by atoms with Crippen molar-refractivity contribution in [2.24, 2.45) is 0 Å². The highest BCUT2D eigenvalue weighted by atomic mass is 16.3. The summed E-state index contributed by atoms with van der Waals surface area (Å²) in [6, 6.07) is 3.49. The van der Waals surface area contributed by atoms with Crippen LogP contribution in [0.1, 0.15) is 32.4 Å². The Hall–Kier alpha value is -1.33. The van der Waals surface area contributed by atoms with Crippen molar-refractivity contribution < 1.29 is 14.3 Å². The average molecular weight is 254 g/mol. The van der Waals surface area contributed by atoms with Gasteiger partial charge in [0.25, 0.3) is 0 Å². The zero-order chi connectivity index (χ0) is 13.4. The van der Waals surface area contributed by atoms with E-state index in [0.29, 0.717) is 13.0 Å². The highest BCUT2D eigenvalue weighted by Crippen LogP contribution is 2.01. The Bertz CT molecular complexity index is 338. The first-order chi connectivity index (χ1) is 8.67. The van der Waals surface area contributed by atoms with Gasteiger partial charge in [0, 0.05) is 12.6 Å². The second-order valence-corrected chi connectivity index (χ2v) is 4.30. The van der Waals surface area contributed by atoms with E-state index in [-0.39, 0.29) is 24.6 Å². The van der Waals surface area contributed by atoms with E-state index in [1.165, 1.54) is 0 Å². The summed E-state index contributed by atoms with van der Waals surface area (Å²) in [5, 5.41) is 14.9. The number of hydrogen-bond acceptors (Lipinski definition) is 4. The number of rotatable bonds is 8. The van der Waals surface area contributed by atoms with Crippen LogP contribution in [0, 0.1) is 0 Å². The molecule has 0 radical (unpaired) electrons. The molecular formula is C13H22N2O3. The van der Waals surface area contributed by atoms with E-state index in [1.807, 2.05) is 19.9 Å². The Balaban J connectivity index is 2.31. The Kier molecular flexibility index (Phi) is 6.46. The van der Waals surface area contributed by atoms with Gasteiger partial charge in [-0.2, -0.15) is 0 Å². The minimum absolute atomic E-state index is 0.0669. The van der Waals surface area contributed by atoms with Gasteiger partial charge in [0.15, 0.2) is 0 Å². The highest BCUT2D eigenvalue weighted by molar-refractivity contribution is 5.81. The maximum atomic E-state index is 11.8. The highest BCUT2D eigenvalue weighted by Gasteiger charge is 2.16. The number of carbonyl (C=O) groups is 1. The molecule has 5 nitrogen and oxygen atoms in total. The zero-order valence-corrected chi connectivity index (χ0v) is 11.0. The topological polar surface area (TPSA) is 74.5 Å². The molecule has 2 unspecified atom stereocenters. The predicted octanol–water partition coefficient (Wildman–Crippen LogP) is 1.03. The van der Waals surface area contributed by atoms with E-state index >= 15 is 0 Å². The quantitative estimate of drug-likeness (QED) is 0.648. The molecule has 1 aromatic rings. The molecular weight excluding hydrogens is 232 g/mol. The van der Waals surface area contributed by atoms with Crippen molar-refractivity contribution in [2.45, 2.75) is 45.3 Å². The summed E-state index contributed by atoms with van der Waals surface area (Å²) in [7, 11) is 0. The standard InChI is InChI=1S/C13H22N2O3/c1-3-11(6-7-16)15-10(2)13(17)14-9-12-5-4-8-18-12/h4-5,8,10-11,15-16H,3,6-7,9H2,1-2H3,(H,14,17). The van der Waals surface area contributed by atoms with E-state index in [1.54, 1.807) is 12.3 Å². The lowest BCUT2D eigenvalue weighted by molar-refractivity contribution is -0.123. The molecule has 0 fully saturated rings. The number of carbonyl (C=O) groups excluding carboxylic acids is 1. The fourth-order valence-electron chi connectivity index (χ4n) is 1.73. The van der Waals surface area contributed by atoms with Gasteiger partial charge in [0.1, 0.15) is 5.76 Å². The van der Waals surface area contributed by atoms with Gasteiger partial charge < -0.3 is 20.2 Å². The predicted molar refractivity (Wildman–Crippen MR) is 68.9 cm³/mol. The van der Waals surface area contributed by atoms with E-state index in [2.05, 4.69) is 10.6 Å². The third-order valence-corrected chi connectivity index (χ3v) is 2.87. The van der Waals surface area contributed by atoms with Crippen molar-refractivity contribution in [3.63, 3.8) is 0 Å². The summed E-state index contributed by atoms with van der Waals surface area (Å²) in [4.78, 5) is 11.8. The van der Waals surface area contributed by atoms with Gasteiger partial charge in [-0.05, 0) is 31.9 Å². The number of nitrogens with one attached hydrogen (secondary N) is 2. The molecule has 0 spiro atoms. The maximum absolute atomic E-state index is 11.8. The van der Waals surface area contributed by atoms with Crippen LogP contribution < -0.4 is 10.6 Å². The number of amides is 1. The zero-order valence-electron chi connectivity index (χ0n) is 11.0. The van der Waals surface area contributed by atoms with Crippen molar-refractivity contribution in [3.8, 4) is 0 Å². The molecule has 0 aliphatic rings. The number of aliphatic hydroxyl groups excluding tert-OH is 1. The van der Waals surface area contributed by atoms with Crippen molar-refractivity contribution in [3.05, 3.63) is 24.2 Å². The molecule has 5 heteroatoms. The van der Waals surface area contributed by atoms with Crippen molar-refractivity contribution in [2.75, 3.05) is 6.61 Å². The molecule has 102 valence electrons. The van der Waals surface area contributed by atoms with Gasteiger partial charge in [-0.25, -0.2) is 0 Å². The maximum Gasteiger partial charge on any atom is 0.237 e. The summed E-state index contributed by atoms with van der Waals surface area (Å²) in [5.74, 6) is 0.667. The SMILES string of the molecule is CCC(CCO)NC(C)C(=O)NCc1ccco1. The number of aliphatic hydroxyl groups is 1. The normalized spacial score (nSPS) is 14.2. The van der Waals surface area contributed by atoms with Crippen molar-refractivity contribution in [1.29, 1.82) is 0 Å². The first-order valence-electron chi connectivity index (χ1n) is 6.34. The van der Waals surface area contributed by atoms with E-state index in [0.717, 1.165) is 12.2 Å². The first kappa shape index (κ1) is 14.7. The molecule has 0 aromatic carbocycles. The molecule has 1 heterocycles. The smallest absolute Gasteiger partial charge is 0.237 e. The largest absolute Gasteiger partial charge is 0.467 e.